The van der Waals surface area contributed by atoms with Gasteiger partial charge in [0.25, 0.3) is 11.4 Å². The van der Waals surface area contributed by atoms with Crippen molar-refractivity contribution in [1.29, 1.82) is 0 Å². The molecule has 12 heteroatoms. The Morgan fingerprint density at radius 2 is 1.67 bits per heavy atom. The summed E-state index contributed by atoms with van der Waals surface area (Å²) < 4.78 is 42.0. The molecule has 0 unspecified atom stereocenters. The lowest BCUT2D eigenvalue weighted by Crippen LogP contribution is -2.44. The Morgan fingerprint density at radius 3 is 2.08 bits per heavy atom. The van der Waals surface area contributed by atoms with Gasteiger partial charge in [-0.1, -0.05) is 11.9 Å². The van der Waals surface area contributed by atoms with Gasteiger partial charge in [0.2, 0.25) is 0 Å². The molecule has 0 aromatic heterocycles. The molecule has 1 saturated heterocycles. The van der Waals surface area contributed by atoms with E-state index >= 15 is 0 Å². The number of nitro benzene ring substituents is 2. The van der Waals surface area contributed by atoms with Crippen molar-refractivity contribution >= 4 is 29.0 Å². The summed E-state index contributed by atoms with van der Waals surface area (Å²) in [5.41, 5.74) is -3.84. The zero-order valence-electron chi connectivity index (χ0n) is 12.4. The van der Waals surface area contributed by atoms with E-state index < -0.39 is 38.6 Å². The maximum atomic E-state index is 13.3. The Hall–Kier alpha value is -2.08. The number of nitro groups is 2. The quantitative estimate of drug-likeness (QED) is 0.459. The number of nitrogens with zero attached hydrogens (tertiary/aromatic N) is 4. The molecule has 1 aliphatic rings. The van der Waals surface area contributed by atoms with Gasteiger partial charge in [-0.05, 0) is 6.26 Å². The molecular weight excluding hydrogens is 353 g/mol. The summed E-state index contributed by atoms with van der Waals surface area (Å²) in [6.07, 6.45) is -3.12. The van der Waals surface area contributed by atoms with Crippen LogP contribution in [0.4, 0.5) is 30.2 Å². The highest BCUT2D eigenvalue weighted by Crippen LogP contribution is 2.44. The van der Waals surface area contributed by atoms with Crippen LogP contribution < -0.4 is 4.90 Å². The second-order valence-electron chi connectivity index (χ2n) is 4.97. The minimum atomic E-state index is -4.94. The Morgan fingerprint density at radius 1 is 1.08 bits per heavy atom. The molecule has 1 fully saturated rings. The van der Waals surface area contributed by atoms with Gasteiger partial charge in [0.1, 0.15) is 5.69 Å². The van der Waals surface area contributed by atoms with Crippen LogP contribution in [0, 0.1) is 20.2 Å². The first-order valence-electron chi connectivity index (χ1n) is 6.73. The molecule has 132 valence electrons. The van der Waals surface area contributed by atoms with E-state index in [-0.39, 0.29) is 13.1 Å². The fourth-order valence-corrected chi connectivity index (χ4v) is 3.02. The molecular formula is C12H13F3N4O4S. The second kappa shape index (κ2) is 6.81. The summed E-state index contributed by atoms with van der Waals surface area (Å²) in [4.78, 5) is 21.2. The molecule has 1 aromatic rings. The fraction of sp³-hybridized carbons (Fsp3) is 0.500. The predicted octanol–water partition coefficient (Wildman–Crippen LogP) is 2.92. The number of non-ortho nitro benzene ring substituents is 1. The molecule has 8 nitrogen and oxygen atoms in total. The van der Waals surface area contributed by atoms with Gasteiger partial charge in [0.15, 0.2) is 0 Å². The first-order chi connectivity index (χ1) is 11.1. The van der Waals surface area contributed by atoms with E-state index in [1.54, 1.807) is 0 Å². The molecule has 0 radical (unpaired) electrons. The molecule has 0 atom stereocenters. The number of benzene rings is 1. The minimum Gasteiger partial charge on any atom is -0.363 e. The lowest BCUT2D eigenvalue weighted by Gasteiger charge is -2.35. The number of rotatable bonds is 4. The number of anilines is 1. The van der Waals surface area contributed by atoms with Gasteiger partial charge in [-0.25, -0.2) is 4.31 Å². The first kappa shape index (κ1) is 18.3. The number of hydrogen-bond acceptors (Lipinski definition) is 7. The summed E-state index contributed by atoms with van der Waals surface area (Å²) in [6.45, 7) is 1.16. The van der Waals surface area contributed by atoms with Gasteiger partial charge in [0, 0.05) is 32.2 Å². The van der Waals surface area contributed by atoms with Crippen LogP contribution in [0.2, 0.25) is 0 Å². The number of piperazine rings is 1. The average Bonchev–Trinajstić information content (AvgIpc) is 2.52. The normalized spacial score (nSPS) is 16.2. The van der Waals surface area contributed by atoms with Crippen molar-refractivity contribution in [3.05, 3.63) is 37.9 Å². The zero-order valence-corrected chi connectivity index (χ0v) is 13.3. The summed E-state index contributed by atoms with van der Waals surface area (Å²) in [5.74, 6) is 0. The monoisotopic (exact) mass is 366 g/mol. The van der Waals surface area contributed by atoms with Gasteiger partial charge < -0.3 is 4.90 Å². The third-order valence-electron chi connectivity index (χ3n) is 3.60. The van der Waals surface area contributed by atoms with Gasteiger partial charge in [-0.15, -0.1) is 0 Å². The van der Waals surface area contributed by atoms with Crippen LogP contribution >= 0.6 is 11.9 Å². The lowest BCUT2D eigenvalue weighted by molar-refractivity contribution is -0.394. The molecule has 1 aliphatic heterocycles. The standard InChI is InChI=1S/C12H13F3N4O4S/c1-24-17-4-2-16(3-5-17)11-9(12(13,14)15)6-8(18(20)21)7-10(11)19(22)23/h6-7H,2-5H2,1H3. The van der Waals surface area contributed by atoms with Crippen LogP contribution in [0.5, 0.6) is 0 Å². The number of hydrogen-bond donors (Lipinski definition) is 0. The van der Waals surface area contributed by atoms with E-state index in [0.717, 1.165) is 0 Å². The molecule has 0 N–H and O–H groups in total. The van der Waals surface area contributed by atoms with Gasteiger partial charge >= 0.3 is 6.18 Å². The van der Waals surface area contributed by atoms with E-state index in [4.69, 9.17) is 0 Å². The summed E-state index contributed by atoms with van der Waals surface area (Å²) in [6, 6.07) is 0.925. The SMILES string of the molecule is CSN1CCN(c2c([N+](=O)[O-])cc([N+](=O)[O-])cc2C(F)(F)F)CC1. The van der Waals surface area contributed by atoms with E-state index in [0.29, 0.717) is 25.2 Å². The average molecular weight is 366 g/mol. The molecule has 0 amide bonds. The Labute approximate surface area is 138 Å². The van der Waals surface area contributed by atoms with Crippen LogP contribution in [-0.4, -0.2) is 46.6 Å². The van der Waals surface area contributed by atoms with E-state index in [1.165, 1.54) is 16.8 Å². The van der Waals surface area contributed by atoms with E-state index in [1.807, 2.05) is 10.6 Å². The lowest BCUT2D eigenvalue weighted by atomic mass is 10.1. The highest BCUT2D eigenvalue weighted by atomic mass is 32.2. The highest BCUT2D eigenvalue weighted by Gasteiger charge is 2.41. The third kappa shape index (κ3) is 3.70. The van der Waals surface area contributed by atoms with Crippen LogP contribution in [-0.2, 0) is 6.18 Å². The smallest absolute Gasteiger partial charge is 0.363 e. The Bertz CT molecular complexity index is 662. The zero-order chi connectivity index (χ0) is 18.1. The minimum absolute atomic E-state index is 0.155. The van der Waals surface area contributed by atoms with Gasteiger partial charge in [-0.2, -0.15) is 13.2 Å². The van der Waals surface area contributed by atoms with Crippen molar-refractivity contribution in [2.75, 3.05) is 37.3 Å². The maximum absolute atomic E-state index is 13.3. The summed E-state index contributed by atoms with van der Waals surface area (Å²) >= 11 is 1.43. The highest BCUT2D eigenvalue weighted by molar-refractivity contribution is 7.96. The predicted molar refractivity (Wildman–Crippen MR) is 82.1 cm³/mol. The third-order valence-corrected chi connectivity index (χ3v) is 4.48. The van der Waals surface area contributed by atoms with Crippen LogP contribution in [0.3, 0.4) is 0 Å². The van der Waals surface area contributed by atoms with Crippen molar-refractivity contribution in [3.63, 3.8) is 0 Å². The Balaban J connectivity index is 2.59. The number of alkyl halides is 3. The van der Waals surface area contributed by atoms with Gasteiger partial charge in [0.05, 0.1) is 21.5 Å². The van der Waals surface area contributed by atoms with Crippen molar-refractivity contribution in [1.82, 2.24) is 4.31 Å². The molecule has 0 bridgehead atoms. The van der Waals surface area contributed by atoms with Gasteiger partial charge in [-0.3, -0.25) is 20.2 Å². The molecule has 1 aromatic carbocycles. The summed E-state index contributed by atoms with van der Waals surface area (Å²) in [7, 11) is 0. The molecule has 0 saturated carbocycles. The topological polar surface area (TPSA) is 92.8 Å². The fourth-order valence-electron chi connectivity index (χ4n) is 2.49. The first-order valence-corrected chi connectivity index (χ1v) is 7.91. The van der Waals surface area contributed by atoms with Crippen LogP contribution in [0.1, 0.15) is 5.56 Å². The molecule has 24 heavy (non-hydrogen) atoms. The molecule has 0 aliphatic carbocycles. The number of halogens is 3. The second-order valence-corrected chi connectivity index (χ2v) is 5.85. The molecule has 2 rings (SSSR count). The van der Waals surface area contributed by atoms with Crippen molar-refractivity contribution in [2.24, 2.45) is 0 Å². The largest absolute Gasteiger partial charge is 0.418 e. The van der Waals surface area contributed by atoms with Crippen LogP contribution in [0.25, 0.3) is 0 Å². The van der Waals surface area contributed by atoms with Crippen LogP contribution in [0.15, 0.2) is 12.1 Å². The molecule has 0 spiro atoms. The maximum Gasteiger partial charge on any atom is 0.418 e. The summed E-state index contributed by atoms with van der Waals surface area (Å²) in [5, 5.41) is 22.0. The van der Waals surface area contributed by atoms with Crippen molar-refractivity contribution in [3.8, 4) is 0 Å². The van der Waals surface area contributed by atoms with Crippen molar-refractivity contribution < 1.29 is 23.0 Å². The Kier molecular flexibility index (Phi) is 5.18. The molecule has 1 heterocycles. The van der Waals surface area contributed by atoms with E-state index in [2.05, 4.69) is 0 Å². The van der Waals surface area contributed by atoms with E-state index in [9.17, 15) is 33.4 Å². The van der Waals surface area contributed by atoms with Crippen molar-refractivity contribution in [2.45, 2.75) is 6.18 Å².